The number of unbranched alkanes of at least 4 members (excludes halogenated alkanes) is 1. The van der Waals surface area contributed by atoms with Gasteiger partial charge in [0.2, 0.25) is 0 Å². The van der Waals surface area contributed by atoms with Crippen molar-refractivity contribution in [1.29, 1.82) is 0 Å². The summed E-state index contributed by atoms with van der Waals surface area (Å²) in [5.41, 5.74) is 6.22. The topological polar surface area (TPSA) is 35.2 Å². The maximum atomic E-state index is 13.7. The Morgan fingerprint density at radius 3 is 2.58 bits per heavy atom. The van der Waals surface area contributed by atoms with Crippen LogP contribution in [0, 0.1) is 11.7 Å². The van der Waals surface area contributed by atoms with Crippen LogP contribution in [0.3, 0.4) is 0 Å². The molecular formula is C16H26FNO. The van der Waals surface area contributed by atoms with Gasteiger partial charge < -0.3 is 10.5 Å². The lowest BCUT2D eigenvalue weighted by atomic mass is 10.0. The van der Waals surface area contributed by atoms with E-state index < -0.39 is 0 Å². The molecule has 2 atom stereocenters. The number of halogens is 1. The van der Waals surface area contributed by atoms with Gasteiger partial charge in [0.25, 0.3) is 0 Å². The van der Waals surface area contributed by atoms with Gasteiger partial charge in [-0.3, -0.25) is 0 Å². The normalized spacial score (nSPS) is 14.2. The first-order valence-corrected chi connectivity index (χ1v) is 7.26. The molecule has 0 aliphatic carbocycles. The molecule has 1 aromatic carbocycles. The minimum Gasteiger partial charge on any atom is -0.493 e. The third-order valence-corrected chi connectivity index (χ3v) is 3.49. The summed E-state index contributed by atoms with van der Waals surface area (Å²) in [5, 5.41) is 0. The Morgan fingerprint density at radius 2 is 2.05 bits per heavy atom. The van der Waals surface area contributed by atoms with Crippen molar-refractivity contribution < 1.29 is 9.13 Å². The molecule has 0 radical (unpaired) electrons. The van der Waals surface area contributed by atoms with Crippen molar-refractivity contribution in [3.05, 3.63) is 29.6 Å². The van der Waals surface area contributed by atoms with E-state index in [4.69, 9.17) is 10.5 Å². The van der Waals surface area contributed by atoms with E-state index in [1.165, 1.54) is 25.3 Å². The Kier molecular flexibility index (Phi) is 6.85. The van der Waals surface area contributed by atoms with Crippen molar-refractivity contribution in [2.24, 2.45) is 11.7 Å². The Labute approximate surface area is 116 Å². The molecule has 2 nitrogen and oxygen atoms in total. The molecule has 1 rings (SSSR count). The van der Waals surface area contributed by atoms with Gasteiger partial charge >= 0.3 is 0 Å². The highest BCUT2D eigenvalue weighted by Crippen LogP contribution is 2.22. The summed E-state index contributed by atoms with van der Waals surface area (Å²) in [5.74, 6) is 0.863. The van der Waals surface area contributed by atoms with E-state index in [9.17, 15) is 4.39 Å². The lowest BCUT2D eigenvalue weighted by Crippen LogP contribution is -2.12. The van der Waals surface area contributed by atoms with Gasteiger partial charge in [0, 0.05) is 17.7 Å². The third kappa shape index (κ3) is 5.19. The minimum absolute atomic E-state index is 0.283. The molecule has 3 heteroatoms. The predicted octanol–water partition coefficient (Wildman–Crippen LogP) is 4.44. The van der Waals surface area contributed by atoms with Crippen LogP contribution in [-0.4, -0.2) is 6.61 Å². The fourth-order valence-corrected chi connectivity index (χ4v) is 2.08. The quantitative estimate of drug-likeness (QED) is 0.755. The third-order valence-electron chi connectivity index (χ3n) is 3.49. The van der Waals surface area contributed by atoms with E-state index in [2.05, 4.69) is 13.8 Å². The van der Waals surface area contributed by atoms with Gasteiger partial charge in [-0.25, -0.2) is 4.39 Å². The van der Waals surface area contributed by atoms with Crippen molar-refractivity contribution in [2.75, 3.05) is 6.61 Å². The standard InChI is InChI=1S/C16H26FNO/c1-4-6-7-13(5-2)11-19-14-8-9-15(12(3)18)16(17)10-14/h8-10,12-13H,4-7,11,18H2,1-3H3. The molecule has 2 unspecified atom stereocenters. The first-order valence-electron chi connectivity index (χ1n) is 7.26. The Hall–Kier alpha value is -1.09. The molecule has 0 amide bonds. The van der Waals surface area contributed by atoms with E-state index in [0.717, 1.165) is 6.42 Å². The average molecular weight is 267 g/mol. The highest BCUT2D eigenvalue weighted by molar-refractivity contribution is 5.30. The Balaban J connectivity index is 2.55. The highest BCUT2D eigenvalue weighted by atomic mass is 19.1. The van der Waals surface area contributed by atoms with Crippen molar-refractivity contribution >= 4 is 0 Å². The molecule has 108 valence electrons. The summed E-state index contributed by atoms with van der Waals surface area (Å²) in [7, 11) is 0. The van der Waals surface area contributed by atoms with E-state index in [1.54, 1.807) is 19.1 Å². The van der Waals surface area contributed by atoms with Crippen LogP contribution in [0.15, 0.2) is 18.2 Å². The summed E-state index contributed by atoms with van der Waals surface area (Å²) in [6.07, 6.45) is 4.70. The number of benzene rings is 1. The van der Waals surface area contributed by atoms with Crippen LogP contribution in [0.1, 0.15) is 58.1 Å². The zero-order valence-corrected chi connectivity index (χ0v) is 12.3. The molecule has 0 aliphatic heterocycles. The largest absolute Gasteiger partial charge is 0.493 e. The van der Waals surface area contributed by atoms with Gasteiger partial charge in [-0.1, -0.05) is 39.2 Å². The molecule has 0 heterocycles. The van der Waals surface area contributed by atoms with E-state index >= 15 is 0 Å². The summed E-state index contributed by atoms with van der Waals surface area (Å²) in [6, 6.07) is 4.66. The van der Waals surface area contributed by atoms with Gasteiger partial charge in [0.1, 0.15) is 11.6 Å². The second-order valence-corrected chi connectivity index (χ2v) is 5.20. The molecule has 0 saturated heterocycles. The molecule has 1 aromatic rings. The number of rotatable bonds is 8. The summed E-state index contributed by atoms with van der Waals surface area (Å²) in [6.45, 7) is 6.80. The number of nitrogens with two attached hydrogens (primary N) is 1. The van der Waals surface area contributed by atoms with E-state index in [-0.39, 0.29) is 11.9 Å². The van der Waals surface area contributed by atoms with Crippen LogP contribution in [0.25, 0.3) is 0 Å². The molecule has 0 saturated carbocycles. The van der Waals surface area contributed by atoms with Crippen LogP contribution in [0.4, 0.5) is 4.39 Å². The van der Waals surface area contributed by atoms with Crippen LogP contribution in [0.2, 0.25) is 0 Å². The fraction of sp³-hybridized carbons (Fsp3) is 0.625. The van der Waals surface area contributed by atoms with Crippen LogP contribution < -0.4 is 10.5 Å². The Morgan fingerprint density at radius 1 is 1.32 bits per heavy atom. The average Bonchev–Trinajstić information content (AvgIpc) is 2.38. The molecule has 19 heavy (non-hydrogen) atoms. The van der Waals surface area contributed by atoms with Crippen molar-refractivity contribution in [3.8, 4) is 5.75 Å². The van der Waals surface area contributed by atoms with Gasteiger partial charge in [-0.2, -0.15) is 0 Å². The summed E-state index contributed by atoms with van der Waals surface area (Å²) >= 11 is 0. The minimum atomic E-state index is -0.290. The van der Waals surface area contributed by atoms with Gasteiger partial charge in [-0.15, -0.1) is 0 Å². The molecule has 0 aromatic heterocycles. The first-order chi connectivity index (χ1) is 9.08. The maximum absolute atomic E-state index is 13.7. The van der Waals surface area contributed by atoms with Crippen molar-refractivity contribution in [1.82, 2.24) is 0 Å². The lowest BCUT2D eigenvalue weighted by molar-refractivity contribution is 0.232. The van der Waals surface area contributed by atoms with E-state index in [1.807, 2.05) is 0 Å². The number of hydrogen-bond acceptors (Lipinski definition) is 2. The monoisotopic (exact) mass is 267 g/mol. The SMILES string of the molecule is CCCCC(CC)COc1ccc(C(C)N)c(F)c1. The predicted molar refractivity (Wildman–Crippen MR) is 77.8 cm³/mol. The fourth-order valence-electron chi connectivity index (χ4n) is 2.08. The zero-order valence-electron chi connectivity index (χ0n) is 12.3. The maximum Gasteiger partial charge on any atom is 0.131 e. The smallest absolute Gasteiger partial charge is 0.131 e. The second-order valence-electron chi connectivity index (χ2n) is 5.20. The van der Waals surface area contributed by atoms with E-state index in [0.29, 0.717) is 23.8 Å². The molecular weight excluding hydrogens is 241 g/mol. The molecule has 0 aliphatic rings. The molecule has 0 spiro atoms. The van der Waals surface area contributed by atoms with Crippen molar-refractivity contribution in [3.63, 3.8) is 0 Å². The number of hydrogen-bond donors (Lipinski definition) is 1. The first kappa shape index (κ1) is 16.0. The van der Waals surface area contributed by atoms with Crippen LogP contribution >= 0.6 is 0 Å². The summed E-state index contributed by atoms with van der Waals surface area (Å²) < 4.78 is 19.4. The lowest BCUT2D eigenvalue weighted by Gasteiger charge is -2.16. The zero-order chi connectivity index (χ0) is 14.3. The van der Waals surface area contributed by atoms with Gasteiger partial charge in [-0.05, 0) is 25.3 Å². The van der Waals surface area contributed by atoms with Crippen LogP contribution in [-0.2, 0) is 0 Å². The number of ether oxygens (including phenoxy) is 1. The van der Waals surface area contributed by atoms with Gasteiger partial charge in [0.05, 0.1) is 6.61 Å². The molecule has 0 fully saturated rings. The summed E-state index contributed by atoms with van der Waals surface area (Å²) in [4.78, 5) is 0. The highest BCUT2D eigenvalue weighted by Gasteiger charge is 2.10. The van der Waals surface area contributed by atoms with Gasteiger partial charge in [0.15, 0.2) is 0 Å². The second kappa shape index (κ2) is 8.16. The molecule has 0 bridgehead atoms. The molecule has 2 N–H and O–H groups in total. The Bertz CT molecular complexity index is 379. The van der Waals surface area contributed by atoms with Crippen molar-refractivity contribution in [2.45, 2.75) is 52.5 Å². The van der Waals surface area contributed by atoms with Crippen LogP contribution in [0.5, 0.6) is 5.75 Å².